The highest BCUT2D eigenvalue weighted by Crippen LogP contribution is 2.42. The van der Waals surface area contributed by atoms with Crippen molar-refractivity contribution in [2.45, 2.75) is 130 Å². The van der Waals surface area contributed by atoms with Gasteiger partial charge in [-0.1, -0.05) is 114 Å². The lowest BCUT2D eigenvalue weighted by Crippen LogP contribution is -2.71. The Hall–Kier alpha value is -3.38. The van der Waals surface area contributed by atoms with Gasteiger partial charge in [0.05, 0.1) is 18.6 Å². The number of Topliss-reactive ketones (excluding diaryl/α,β-unsaturated/α-hetero) is 2. The lowest BCUT2D eigenvalue weighted by atomic mass is 9.81. The van der Waals surface area contributed by atoms with E-state index in [4.69, 9.17) is 23.4 Å². The highest BCUT2D eigenvalue weighted by molar-refractivity contribution is 6.99. The Balaban J connectivity index is 1.83. The third kappa shape index (κ3) is 8.38. The molecule has 0 aliphatic carbocycles. The molecule has 0 spiro atoms. The minimum Gasteiger partial charge on any atom is -0.457 e. The topological polar surface area (TPSA) is 146 Å². The zero-order valence-electron chi connectivity index (χ0n) is 30.8. The Labute approximate surface area is 297 Å². The summed E-state index contributed by atoms with van der Waals surface area (Å²) in [6.45, 7) is 17.1. The molecule has 2 aromatic carbocycles. The van der Waals surface area contributed by atoms with E-state index in [2.05, 4.69) is 37.7 Å². The Morgan fingerprint density at radius 1 is 0.840 bits per heavy atom. The van der Waals surface area contributed by atoms with Crippen LogP contribution in [-0.2, 0) is 37.8 Å². The van der Waals surface area contributed by atoms with E-state index in [1.165, 1.54) is 13.8 Å². The molecule has 272 valence electrons. The van der Waals surface area contributed by atoms with E-state index in [1.54, 1.807) is 0 Å². The molecule has 2 heterocycles. The predicted octanol–water partition coefficient (Wildman–Crippen LogP) is 6.27. The summed E-state index contributed by atoms with van der Waals surface area (Å²) in [4.78, 5) is 41.7. The maximum atomic E-state index is 13.5. The van der Waals surface area contributed by atoms with Crippen LogP contribution < -0.4 is 10.4 Å². The zero-order valence-corrected chi connectivity index (χ0v) is 31.8. The van der Waals surface area contributed by atoms with E-state index >= 15 is 0 Å². The van der Waals surface area contributed by atoms with Gasteiger partial charge in [0.15, 0.2) is 24.5 Å². The Morgan fingerprint density at radius 2 is 1.42 bits per heavy atom. The normalized spacial score (nSPS) is 30.2. The molecule has 2 aliphatic rings. The fraction of sp³-hybridized carbons (Fsp3) is 0.605. The van der Waals surface area contributed by atoms with Crippen molar-refractivity contribution in [3.63, 3.8) is 0 Å². The summed E-state index contributed by atoms with van der Waals surface area (Å²) < 4.78 is 33.2. The summed E-state index contributed by atoms with van der Waals surface area (Å²) in [5.74, 6) is -1.66. The second-order valence-electron chi connectivity index (χ2n) is 14.8. The van der Waals surface area contributed by atoms with Crippen LogP contribution in [0.3, 0.4) is 0 Å². The van der Waals surface area contributed by atoms with Gasteiger partial charge in [0.2, 0.25) is 0 Å². The van der Waals surface area contributed by atoms with Crippen molar-refractivity contribution in [1.29, 1.82) is 0 Å². The SMILES string of the molecule is CC[C@@H]1O[C@@H](O[C@@H]2[C@H](C)C(OC(=O)CCC(C)=O)[C@H](O[Si](c3ccccc3)(c3ccccc3)C(C)(C)C)O[C@H]2C(C)=O)C(N=[N+]=[N-])[C@@H](C)[C@H]1C. The molecule has 10 atom stereocenters. The van der Waals surface area contributed by atoms with Crippen LogP contribution in [0.5, 0.6) is 0 Å². The molecule has 2 saturated heterocycles. The average Bonchev–Trinajstić information content (AvgIpc) is 3.08. The fourth-order valence-corrected chi connectivity index (χ4v) is 11.9. The van der Waals surface area contributed by atoms with E-state index in [0.29, 0.717) is 6.42 Å². The first-order valence-corrected chi connectivity index (χ1v) is 19.6. The van der Waals surface area contributed by atoms with Crippen molar-refractivity contribution < 1.29 is 37.8 Å². The molecule has 2 fully saturated rings. The lowest BCUT2D eigenvalue weighted by Gasteiger charge is -2.51. The Bertz CT molecular complexity index is 1470. The van der Waals surface area contributed by atoms with Crippen LogP contribution in [0.15, 0.2) is 65.8 Å². The second kappa shape index (κ2) is 16.8. The molecule has 2 aliphatic heterocycles. The lowest BCUT2D eigenvalue weighted by molar-refractivity contribution is -0.310. The molecule has 12 heteroatoms. The van der Waals surface area contributed by atoms with Crippen LogP contribution >= 0.6 is 0 Å². The van der Waals surface area contributed by atoms with Crippen molar-refractivity contribution in [3.05, 3.63) is 71.1 Å². The van der Waals surface area contributed by atoms with E-state index in [9.17, 15) is 19.9 Å². The first-order chi connectivity index (χ1) is 23.7. The van der Waals surface area contributed by atoms with Crippen molar-refractivity contribution in [2.24, 2.45) is 22.9 Å². The minimum absolute atomic E-state index is 0.0231. The number of carbonyl (C=O) groups is 3. The molecule has 0 bridgehead atoms. The fourth-order valence-electron chi connectivity index (χ4n) is 7.37. The van der Waals surface area contributed by atoms with Crippen molar-refractivity contribution >= 4 is 36.2 Å². The number of nitrogens with zero attached hydrogens (tertiary/aromatic N) is 3. The summed E-state index contributed by atoms with van der Waals surface area (Å²) in [5, 5.41) is 5.57. The molecule has 0 radical (unpaired) electrons. The summed E-state index contributed by atoms with van der Waals surface area (Å²) in [6, 6.07) is 19.3. The number of benzene rings is 2. The number of esters is 1. The van der Waals surface area contributed by atoms with Gasteiger partial charge in [0.25, 0.3) is 8.32 Å². The number of ether oxygens (including phenoxy) is 4. The molecule has 0 N–H and O–H groups in total. The molecule has 2 aromatic rings. The number of hydrogen-bond donors (Lipinski definition) is 0. The quantitative estimate of drug-likeness (QED) is 0.0779. The van der Waals surface area contributed by atoms with E-state index < -0.39 is 62.2 Å². The molecule has 0 aromatic heterocycles. The monoisotopic (exact) mass is 707 g/mol. The van der Waals surface area contributed by atoms with Crippen LogP contribution in [-0.4, -0.2) is 68.9 Å². The van der Waals surface area contributed by atoms with Gasteiger partial charge in [-0.25, -0.2) is 0 Å². The summed E-state index contributed by atoms with van der Waals surface area (Å²) in [5.41, 5.74) is 9.46. The highest BCUT2D eigenvalue weighted by atomic mass is 28.4. The van der Waals surface area contributed by atoms with Gasteiger partial charge >= 0.3 is 5.97 Å². The smallest absolute Gasteiger partial charge is 0.306 e. The highest BCUT2D eigenvalue weighted by Gasteiger charge is 2.57. The maximum Gasteiger partial charge on any atom is 0.306 e. The Morgan fingerprint density at radius 3 is 1.90 bits per heavy atom. The largest absolute Gasteiger partial charge is 0.457 e. The van der Waals surface area contributed by atoms with Crippen LogP contribution in [0.2, 0.25) is 5.04 Å². The molecule has 0 amide bonds. The molecule has 11 nitrogen and oxygen atoms in total. The average molecular weight is 708 g/mol. The minimum atomic E-state index is -3.28. The van der Waals surface area contributed by atoms with Crippen molar-refractivity contribution in [2.75, 3.05) is 0 Å². The van der Waals surface area contributed by atoms with Crippen LogP contribution in [0.25, 0.3) is 10.4 Å². The molecule has 50 heavy (non-hydrogen) atoms. The van der Waals surface area contributed by atoms with Gasteiger partial charge in [0.1, 0.15) is 18.0 Å². The predicted molar refractivity (Wildman–Crippen MR) is 192 cm³/mol. The molecular weight excluding hydrogens is 655 g/mol. The zero-order chi connectivity index (χ0) is 36.8. The summed E-state index contributed by atoms with van der Waals surface area (Å²) in [7, 11) is -3.28. The van der Waals surface area contributed by atoms with E-state index in [0.717, 1.165) is 10.4 Å². The first kappa shape index (κ1) is 39.4. The van der Waals surface area contributed by atoms with Gasteiger partial charge in [0, 0.05) is 17.3 Å². The maximum absolute atomic E-state index is 13.5. The molecule has 2 unspecified atom stereocenters. The number of carbonyl (C=O) groups excluding carboxylic acids is 3. The number of ketones is 2. The molecule has 4 rings (SSSR count). The standard InChI is InChI=1S/C38H53N3O8Si/c1-10-30-24(3)25(4)32(40-41-39)36(45-30)47-33-26(5)34(46-31(44)22-21-23(2)42)37(48-35(33)27(6)43)49-50(38(7,8)9,28-17-13-11-14-18-28)29-19-15-12-16-20-29/h11-20,24-26,30,32-37H,10,21-22H2,1-9H3/t24-,25+,26+,30+,32?,33-,34?,35+,36+,37+/m1/s1. The van der Waals surface area contributed by atoms with Gasteiger partial charge in [-0.15, -0.1) is 0 Å². The molecular formula is C38H53N3O8Si. The van der Waals surface area contributed by atoms with E-state index in [1.807, 2.05) is 81.4 Å². The third-order valence-corrected chi connectivity index (χ3v) is 15.4. The van der Waals surface area contributed by atoms with Gasteiger partial charge < -0.3 is 28.2 Å². The van der Waals surface area contributed by atoms with Gasteiger partial charge in [-0.3, -0.25) is 9.59 Å². The Kier molecular flexibility index (Phi) is 13.2. The number of rotatable bonds is 13. The van der Waals surface area contributed by atoms with Gasteiger partial charge in [-0.2, -0.15) is 0 Å². The van der Waals surface area contributed by atoms with Crippen LogP contribution in [0.4, 0.5) is 0 Å². The second-order valence-corrected chi connectivity index (χ2v) is 19.1. The van der Waals surface area contributed by atoms with Crippen LogP contribution in [0, 0.1) is 17.8 Å². The third-order valence-electron chi connectivity index (χ3n) is 10.4. The van der Waals surface area contributed by atoms with E-state index in [-0.39, 0.29) is 42.3 Å². The van der Waals surface area contributed by atoms with Crippen LogP contribution in [0.1, 0.15) is 81.6 Å². The summed E-state index contributed by atoms with van der Waals surface area (Å²) >= 11 is 0. The van der Waals surface area contributed by atoms with Crippen molar-refractivity contribution in [3.8, 4) is 0 Å². The molecule has 0 saturated carbocycles. The first-order valence-electron chi connectivity index (χ1n) is 17.6. The summed E-state index contributed by atoms with van der Waals surface area (Å²) in [6.07, 6.45) is -4.79. The number of azide groups is 1. The van der Waals surface area contributed by atoms with Gasteiger partial charge in [-0.05, 0) is 53.0 Å². The number of hydrogen-bond acceptors (Lipinski definition) is 9. The van der Waals surface area contributed by atoms with Crippen molar-refractivity contribution in [1.82, 2.24) is 0 Å².